The molecule has 1 aliphatic carbocycles. The summed E-state index contributed by atoms with van der Waals surface area (Å²) in [4.78, 5) is 0. The van der Waals surface area contributed by atoms with Gasteiger partial charge in [0.05, 0.1) is 6.61 Å². The van der Waals surface area contributed by atoms with Crippen LogP contribution in [0.1, 0.15) is 24.5 Å². The zero-order valence-corrected chi connectivity index (χ0v) is 18.2. The van der Waals surface area contributed by atoms with Crippen LogP contribution in [0.4, 0.5) is 0 Å². The average molecular weight is 432 g/mol. The molecular formula is C23H21Cl2OTi-. The molecule has 27 heavy (non-hydrogen) atoms. The van der Waals surface area contributed by atoms with E-state index in [2.05, 4.69) is 61.5 Å². The zero-order chi connectivity index (χ0) is 19.5. The molecule has 0 saturated carbocycles. The first-order valence-electron chi connectivity index (χ1n) is 8.58. The minimum atomic E-state index is -0.556. The fourth-order valence-corrected chi connectivity index (χ4v) is 2.81. The third-order valence-electron chi connectivity index (χ3n) is 4.18. The van der Waals surface area contributed by atoms with Crippen LogP contribution in [0, 0.1) is 6.07 Å². The Morgan fingerprint density at radius 1 is 0.963 bits per heavy atom. The maximum atomic E-state index is 8.54. The van der Waals surface area contributed by atoms with Crippen molar-refractivity contribution in [2.45, 2.75) is 20.0 Å². The van der Waals surface area contributed by atoms with E-state index in [1.807, 2.05) is 30.3 Å². The number of aliphatic hydroxyl groups excluding tert-OH is 1. The van der Waals surface area contributed by atoms with E-state index >= 15 is 0 Å². The summed E-state index contributed by atoms with van der Waals surface area (Å²) >= 11 is -0.556. The van der Waals surface area contributed by atoms with Crippen LogP contribution in [0.5, 0.6) is 0 Å². The summed E-state index contributed by atoms with van der Waals surface area (Å²) in [6, 6.07) is 25.8. The molecule has 0 amide bonds. The molecule has 0 aliphatic heterocycles. The third-order valence-corrected chi connectivity index (χ3v) is 4.18. The van der Waals surface area contributed by atoms with Gasteiger partial charge in [-0.3, -0.25) is 0 Å². The Labute approximate surface area is 178 Å². The van der Waals surface area contributed by atoms with E-state index < -0.39 is 17.0 Å². The van der Waals surface area contributed by atoms with E-state index in [0.717, 1.165) is 12.0 Å². The van der Waals surface area contributed by atoms with Gasteiger partial charge >= 0.3 is 35.6 Å². The molecule has 4 heteroatoms. The molecule has 0 aromatic heterocycles. The molecule has 0 bridgehead atoms. The van der Waals surface area contributed by atoms with Crippen LogP contribution in [0.3, 0.4) is 0 Å². The Bertz CT molecular complexity index is 904. The quantitative estimate of drug-likeness (QED) is 0.344. The van der Waals surface area contributed by atoms with Crippen LogP contribution in [0.25, 0.3) is 16.3 Å². The molecule has 0 radical (unpaired) electrons. The summed E-state index contributed by atoms with van der Waals surface area (Å²) in [6.07, 6.45) is 5.45. The molecule has 0 fully saturated rings. The average Bonchev–Trinajstić information content (AvgIpc) is 3.15. The van der Waals surface area contributed by atoms with Crippen LogP contribution >= 0.6 is 18.6 Å². The van der Waals surface area contributed by atoms with Crippen LogP contribution in [-0.4, -0.2) is 5.11 Å². The summed E-state index contributed by atoms with van der Waals surface area (Å²) in [5, 5.41) is 11.0. The van der Waals surface area contributed by atoms with Crippen molar-refractivity contribution in [2.24, 2.45) is 0 Å². The Balaban J connectivity index is 0.000000200. The van der Waals surface area contributed by atoms with E-state index in [1.54, 1.807) is 0 Å². The van der Waals surface area contributed by atoms with Crippen LogP contribution < -0.4 is 0 Å². The van der Waals surface area contributed by atoms with Gasteiger partial charge in [-0.15, -0.1) is 35.2 Å². The summed E-state index contributed by atoms with van der Waals surface area (Å²) in [7, 11) is 9.78. The topological polar surface area (TPSA) is 20.2 Å². The van der Waals surface area contributed by atoms with Gasteiger partial charge in [0.2, 0.25) is 0 Å². The first kappa shape index (κ1) is 21.9. The van der Waals surface area contributed by atoms with Crippen LogP contribution in [0.15, 0.2) is 84.5 Å². The van der Waals surface area contributed by atoms with Crippen LogP contribution in [0.2, 0.25) is 0 Å². The maximum absolute atomic E-state index is 8.54. The molecule has 138 valence electrons. The Morgan fingerprint density at radius 3 is 2.22 bits per heavy atom. The van der Waals surface area contributed by atoms with Crippen molar-refractivity contribution in [2.75, 3.05) is 0 Å². The van der Waals surface area contributed by atoms with E-state index in [-0.39, 0.29) is 6.61 Å². The summed E-state index contributed by atoms with van der Waals surface area (Å²) < 4.78 is 0. The molecular weight excluding hydrogens is 411 g/mol. The molecule has 0 spiro atoms. The molecule has 3 aromatic carbocycles. The Hall–Kier alpha value is -1.35. The van der Waals surface area contributed by atoms with Gasteiger partial charge in [0, 0.05) is 0 Å². The number of hydrogen-bond acceptors (Lipinski definition) is 1. The standard InChI is InChI=1S/C16H13.C7H8O.2ClH.Ti/c1-12-5-4-8-16(12)15-10-9-13-6-2-3-7-14(13)11-15;8-6-7-4-2-1-3-5-7;;;/h2-7,9-10H,8H2,1H3;1-5,8H,6H2;2*1H;/q-1;;;;+2/p-2. The molecule has 0 atom stereocenters. The van der Waals surface area contributed by atoms with Gasteiger partial charge in [0.1, 0.15) is 0 Å². The van der Waals surface area contributed by atoms with Gasteiger partial charge in [-0.05, 0) is 18.9 Å². The van der Waals surface area contributed by atoms with E-state index in [1.165, 1.54) is 27.5 Å². The molecule has 0 saturated heterocycles. The Morgan fingerprint density at radius 2 is 1.63 bits per heavy atom. The third kappa shape index (κ3) is 6.95. The van der Waals surface area contributed by atoms with Crippen LogP contribution in [-0.2, 0) is 23.6 Å². The first-order valence-corrected chi connectivity index (χ1v) is 12.9. The molecule has 1 nitrogen and oxygen atoms in total. The number of rotatable bonds is 2. The van der Waals surface area contributed by atoms with E-state index in [0.29, 0.717) is 0 Å². The van der Waals surface area contributed by atoms with Crippen molar-refractivity contribution in [3.63, 3.8) is 0 Å². The van der Waals surface area contributed by atoms with Gasteiger partial charge in [0.15, 0.2) is 0 Å². The van der Waals surface area contributed by atoms with Crippen molar-refractivity contribution >= 4 is 35.0 Å². The summed E-state index contributed by atoms with van der Waals surface area (Å²) in [6.45, 7) is 2.31. The number of benzene rings is 3. The van der Waals surface area contributed by atoms with Gasteiger partial charge in [-0.1, -0.05) is 77.2 Å². The van der Waals surface area contributed by atoms with Gasteiger partial charge < -0.3 is 5.11 Å². The van der Waals surface area contributed by atoms with Crippen molar-refractivity contribution in [3.05, 3.63) is 102 Å². The summed E-state index contributed by atoms with van der Waals surface area (Å²) in [5.41, 5.74) is 4.98. The predicted octanol–water partition coefficient (Wildman–Crippen LogP) is 6.93. The van der Waals surface area contributed by atoms with Crippen molar-refractivity contribution < 1.29 is 22.1 Å². The number of allylic oxidation sites excluding steroid dienone is 4. The zero-order valence-electron chi connectivity index (χ0n) is 15.1. The van der Waals surface area contributed by atoms with Crippen molar-refractivity contribution in [3.8, 4) is 0 Å². The molecule has 1 aliphatic rings. The molecule has 0 heterocycles. The fourth-order valence-electron chi connectivity index (χ4n) is 2.81. The van der Waals surface area contributed by atoms with Crippen molar-refractivity contribution in [1.82, 2.24) is 0 Å². The molecule has 1 N–H and O–H groups in total. The molecule has 4 rings (SSSR count). The number of hydrogen-bond donors (Lipinski definition) is 1. The Kier molecular flexibility index (Phi) is 9.90. The van der Waals surface area contributed by atoms with Gasteiger partial charge in [-0.25, -0.2) is 0 Å². The van der Waals surface area contributed by atoms with Crippen molar-refractivity contribution in [1.29, 1.82) is 0 Å². The van der Waals surface area contributed by atoms with Gasteiger partial charge in [0.25, 0.3) is 0 Å². The number of fused-ring (bicyclic) bond motifs is 1. The monoisotopic (exact) mass is 431 g/mol. The fraction of sp³-hybridized carbons (Fsp3) is 0.130. The minimum absolute atomic E-state index is 0.140. The SMILES string of the molecule is CC1=C(c2[c-]c3ccccc3cc2)CC=C1.OCc1ccccc1.[Cl][Ti][Cl]. The second-order valence-electron chi connectivity index (χ2n) is 5.94. The number of halogens is 2. The second-order valence-corrected chi connectivity index (χ2v) is 8.52. The molecule has 0 unspecified atom stereocenters. The van der Waals surface area contributed by atoms with E-state index in [9.17, 15) is 0 Å². The first-order chi connectivity index (χ1) is 13.2. The predicted molar refractivity (Wildman–Crippen MR) is 113 cm³/mol. The number of aliphatic hydroxyl groups is 1. The second kappa shape index (κ2) is 12.2. The summed E-state index contributed by atoms with van der Waals surface area (Å²) in [5.74, 6) is 0. The van der Waals surface area contributed by atoms with Gasteiger partial charge in [-0.2, -0.15) is 0 Å². The molecule has 3 aromatic rings. The van der Waals surface area contributed by atoms with E-state index in [4.69, 9.17) is 23.7 Å². The normalized spacial score (nSPS) is 12.1.